The third-order valence-electron chi connectivity index (χ3n) is 6.75. The molecule has 0 aromatic carbocycles. The Morgan fingerprint density at radius 3 is 2.81 bits per heavy atom. The second-order valence-corrected chi connectivity index (χ2v) is 9.59. The molecule has 5 rings (SSSR count). The molecule has 31 heavy (non-hydrogen) atoms. The van der Waals surface area contributed by atoms with Gasteiger partial charge in [0.15, 0.2) is 17.3 Å². The van der Waals surface area contributed by atoms with E-state index in [-0.39, 0.29) is 18.1 Å². The first-order valence-corrected chi connectivity index (χ1v) is 10.9. The molecule has 10 nitrogen and oxygen atoms in total. The molecule has 3 fully saturated rings. The summed E-state index contributed by atoms with van der Waals surface area (Å²) in [5, 5.41) is 0. The first kappa shape index (κ1) is 20.7. The van der Waals surface area contributed by atoms with Crippen LogP contribution in [0.3, 0.4) is 0 Å². The number of aromatic nitrogens is 4. The number of anilines is 1. The van der Waals surface area contributed by atoms with Crippen LogP contribution in [0.4, 0.5) is 5.82 Å². The van der Waals surface area contributed by atoms with Gasteiger partial charge < -0.3 is 24.7 Å². The minimum atomic E-state index is -0.892. The maximum absolute atomic E-state index is 11.1. The van der Waals surface area contributed by atoms with E-state index in [1.165, 1.54) is 6.33 Å². The highest BCUT2D eigenvalue weighted by Crippen LogP contribution is 2.48. The number of rotatable bonds is 6. The largest absolute Gasteiger partial charge is 0.382 e. The Labute approximate surface area is 181 Å². The van der Waals surface area contributed by atoms with Crippen molar-refractivity contribution in [1.82, 2.24) is 24.4 Å². The molecule has 2 saturated heterocycles. The van der Waals surface area contributed by atoms with Crippen LogP contribution in [-0.4, -0.2) is 73.9 Å². The van der Waals surface area contributed by atoms with Crippen LogP contribution in [0.5, 0.6) is 0 Å². The van der Waals surface area contributed by atoms with Crippen LogP contribution in [0.15, 0.2) is 12.7 Å². The molecule has 10 heteroatoms. The van der Waals surface area contributed by atoms with E-state index in [0.29, 0.717) is 42.2 Å². The molecule has 2 aromatic heterocycles. The molecule has 2 aliphatic heterocycles. The van der Waals surface area contributed by atoms with E-state index in [0.717, 1.165) is 19.1 Å². The van der Waals surface area contributed by atoms with Gasteiger partial charge in [-0.25, -0.2) is 15.0 Å². The number of nitrogen functional groups attached to an aromatic ring is 1. The van der Waals surface area contributed by atoms with Gasteiger partial charge in [-0.2, -0.15) is 0 Å². The lowest BCUT2D eigenvalue weighted by molar-refractivity contribution is -0.206. The molecule has 0 bridgehead atoms. The van der Waals surface area contributed by atoms with E-state index in [4.69, 9.17) is 19.9 Å². The first-order chi connectivity index (χ1) is 14.7. The topological polar surface area (TPSA) is 118 Å². The van der Waals surface area contributed by atoms with E-state index in [2.05, 4.69) is 33.7 Å². The summed E-state index contributed by atoms with van der Waals surface area (Å²) in [6, 6.07) is 0.707. The summed E-state index contributed by atoms with van der Waals surface area (Å²) in [6.45, 7) is 9.18. The standard InChI is InChI=1S/C21H30N6O4/c1-12(2)26(14-5-13(6-14)8-28)7-15-17-21(9-29-15,31-20(3,4)30-17)27-11-25-16-18(22)23-10-24-19(16)27/h8,10-15,17H,5-7,9H2,1-4H3,(H2,22,23,24)/t13-,14+,15-,17-,21-/m1/s1. The fourth-order valence-electron chi connectivity index (χ4n) is 5.23. The van der Waals surface area contributed by atoms with Crippen molar-refractivity contribution in [2.24, 2.45) is 5.92 Å². The van der Waals surface area contributed by atoms with Gasteiger partial charge in [0.2, 0.25) is 5.72 Å². The molecule has 0 unspecified atom stereocenters. The van der Waals surface area contributed by atoms with E-state index in [1.807, 2.05) is 18.4 Å². The lowest BCUT2D eigenvalue weighted by atomic mass is 9.79. The van der Waals surface area contributed by atoms with Crippen molar-refractivity contribution in [2.45, 2.75) is 76.3 Å². The van der Waals surface area contributed by atoms with E-state index < -0.39 is 11.5 Å². The van der Waals surface area contributed by atoms with Gasteiger partial charge in [0.05, 0.1) is 12.9 Å². The molecule has 168 valence electrons. The molecule has 2 aromatic rings. The van der Waals surface area contributed by atoms with Crippen molar-refractivity contribution in [3.63, 3.8) is 0 Å². The Morgan fingerprint density at radius 1 is 1.32 bits per heavy atom. The molecular weight excluding hydrogens is 400 g/mol. The lowest BCUT2D eigenvalue weighted by Crippen LogP contribution is -2.53. The maximum atomic E-state index is 11.1. The number of carbonyl (C=O) groups excluding carboxylic acids is 1. The molecule has 3 aliphatic rings. The highest BCUT2D eigenvalue weighted by atomic mass is 16.8. The van der Waals surface area contributed by atoms with Crippen molar-refractivity contribution in [3.8, 4) is 0 Å². The number of ether oxygens (including phenoxy) is 3. The number of aldehydes is 1. The van der Waals surface area contributed by atoms with Gasteiger partial charge in [-0.1, -0.05) is 0 Å². The fraction of sp³-hybridized carbons (Fsp3) is 0.714. The van der Waals surface area contributed by atoms with Crippen LogP contribution < -0.4 is 5.73 Å². The third-order valence-corrected chi connectivity index (χ3v) is 6.75. The second kappa shape index (κ2) is 7.19. The summed E-state index contributed by atoms with van der Waals surface area (Å²) < 4.78 is 21.0. The second-order valence-electron chi connectivity index (χ2n) is 9.59. The summed E-state index contributed by atoms with van der Waals surface area (Å²) in [5.41, 5.74) is 6.23. The number of nitrogens with zero attached hydrogens (tertiary/aromatic N) is 5. The van der Waals surface area contributed by atoms with Crippen LogP contribution in [0.25, 0.3) is 11.2 Å². The van der Waals surface area contributed by atoms with Gasteiger partial charge in [-0.3, -0.25) is 9.47 Å². The van der Waals surface area contributed by atoms with Crippen molar-refractivity contribution in [1.29, 1.82) is 0 Å². The van der Waals surface area contributed by atoms with Crippen molar-refractivity contribution in [3.05, 3.63) is 12.7 Å². The van der Waals surface area contributed by atoms with Crippen LogP contribution in [0, 0.1) is 5.92 Å². The summed E-state index contributed by atoms with van der Waals surface area (Å²) in [6.07, 6.45) is 5.43. The van der Waals surface area contributed by atoms with Crippen LogP contribution in [0.1, 0.15) is 40.5 Å². The fourth-order valence-corrected chi connectivity index (χ4v) is 5.23. The minimum absolute atomic E-state index is 0.169. The zero-order chi connectivity index (χ0) is 22.0. The van der Waals surface area contributed by atoms with E-state index in [9.17, 15) is 4.79 Å². The summed E-state index contributed by atoms with van der Waals surface area (Å²) in [7, 11) is 0. The van der Waals surface area contributed by atoms with E-state index >= 15 is 0 Å². The average molecular weight is 431 g/mol. The minimum Gasteiger partial charge on any atom is -0.382 e. The normalized spacial score (nSPS) is 34.4. The molecule has 0 spiro atoms. The maximum Gasteiger partial charge on any atom is 0.203 e. The monoisotopic (exact) mass is 430 g/mol. The quantitative estimate of drug-likeness (QED) is 0.677. The molecule has 0 amide bonds. The SMILES string of the molecule is CC(C)N(C[C@H]1OC[C@@]2(n3cnc4c(N)ncnc43)OC(C)(C)O[C@H]12)[C@H]1C[C@@H](C=O)C1. The Balaban J connectivity index is 1.46. The highest BCUT2D eigenvalue weighted by Gasteiger charge is 2.63. The molecule has 2 N–H and O–H groups in total. The van der Waals surface area contributed by atoms with Crippen LogP contribution >= 0.6 is 0 Å². The molecule has 0 radical (unpaired) electrons. The van der Waals surface area contributed by atoms with Crippen molar-refractivity contribution < 1.29 is 19.0 Å². The highest BCUT2D eigenvalue weighted by molar-refractivity contribution is 5.81. The molecular formula is C21H30N6O4. The van der Waals surface area contributed by atoms with Gasteiger partial charge in [0.1, 0.15) is 30.3 Å². The van der Waals surface area contributed by atoms with Crippen LogP contribution in [0.2, 0.25) is 0 Å². The molecule has 1 saturated carbocycles. The predicted molar refractivity (Wildman–Crippen MR) is 112 cm³/mol. The van der Waals surface area contributed by atoms with Gasteiger partial charge in [-0.15, -0.1) is 0 Å². The summed E-state index contributed by atoms with van der Waals surface area (Å²) in [5.74, 6) is -0.294. The summed E-state index contributed by atoms with van der Waals surface area (Å²) in [4.78, 5) is 26.4. The molecule has 3 atom stereocenters. The number of hydrogen-bond donors (Lipinski definition) is 1. The Hall–Kier alpha value is -2.14. The number of carbonyl (C=O) groups is 1. The predicted octanol–water partition coefficient (Wildman–Crippen LogP) is 1.30. The number of fused-ring (bicyclic) bond motifs is 2. The number of nitrogens with two attached hydrogens (primary N) is 1. The average Bonchev–Trinajstić information content (AvgIpc) is 3.31. The van der Waals surface area contributed by atoms with Crippen molar-refractivity contribution in [2.75, 3.05) is 18.9 Å². The zero-order valence-corrected chi connectivity index (χ0v) is 18.4. The smallest absolute Gasteiger partial charge is 0.203 e. The van der Waals surface area contributed by atoms with Gasteiger partial charge in [0, 0.05) is 24.5 Å². The Bertz CT molecular complexity index is 987. The molecule has 4 heterocycles. The Kier molecular flexibility index (Phi) is 4.81. The third kappa shape index (κ3) is 3.24. The van der Waals surface area contributed by atoms with E-state index in [1.54, 1.807) is 6.33 Å². The van der Waals surface area contributed by atoms with Crippen LogP contribution in [-0.2, 0) is 24.7 Å². The Morgan fingerprint density at radius 2 is 2.10 bits per heavy atom. The lowest BCUT2D eigenvalue weighted by Gasteiger charge is -2.44. The van der Waals surface area contributed by atoms with Gasteiger partial charge >= 0.3 is 0 Å². The van der Waals surface area contributed by atoms with Crippen molar-refractivity contribution >= 4 is 23.3 Å². The van der Waals surface area contributed by atoms with Gasteiger partial charge in [-0.05, 0) is 40.5 Å². The number of hydrogen-bond acceptors (Lipinski definition) is 9. The van der Waals surface area contributed by atoms with Gasteiger partial charge in [0.25, 0.3) is 0 Å². The number of imidazole rings is 1. The summed E-state index contributed by atoms with van der Waals surface area (Å²) >= 11 is 0. The zero-order valence-electron chi connectivity index (χ0n) is 18.4. The first-order valence-electron chi connectivity index (χ1n) is 10.9. The molecule has 1 aliphatic carbocycles.